The third-order valence-electron chi connectivity index (χ3n) is 4.78. The topological polar surface area (TPSA) is 19.4 Å². The van der Waals surface area contributed by atoms with Gasteiger partial charge in [-0.05, 0) is 63.0 Å². The van der Waals surface area contributed by atoms with Crippen LogP contribution >= 0.6 is 0 Å². The molecule has 0 N–H and O–H groups in total. The second-order valence-corrected chi connectivity index (χ2v) is 7.09. The van der Waals surface area contributed by atoms with Gasteiger partial charge in [0.15, 0.2) is 0 Å². The van der Waals surface area contributed by atoms with Crippen LogP contribution in [0.5, 0.6) is 0 Å². The Bertz CT molecular complexity index is 841. The van der Waals surface area contributed by atoms with Crippen LogP contribution in [-0.4, -0.2) is 35.9 Å². The zero-order valence-electron chi connectivity index (χ0n) is 15.6. The van der Waals surface area contributed by atoms with Crippen LogP contribution in [0.15, 0.2) is 60.8 Å². The van der Waals surface area contributed by atoms with Gasteiger partial charge in [-0.1, -0.05) is 36.4 Å². The van der Waals surface area contributed by atoms with E-state index in [4.69, 9.17) is 0 Å². The normalized spacial score (nSPS) is 12.9. The van der Waals surface area contributed by atoms with E-state index in [0.29, 0.717) is 6.04 Å². The summed E-state index contributed by atoms with van der Waals surface area (Å²) in [4.78, 5) is 8.99. The number of fused-ring (bicyclic) bond motifs is 1. The van der Waals surface area contributed by atoms with Crippen molar-refractivity contribution in [2.45, 2.75) is 26.1 Å². The summed E-state index contributed by atoms with van der Waals surface area (Å²) >= 11 is 0. The first kappa shape index (κ1) is 17.6. The van der Waals surface area contributed by atoms with Crippen molar-refractivity contribution in [3.05, 3.63) is 77.5 Å². The Morgan fingerprint density at radius 3 is 2.40 bits per heavy atom. The van der Waals surface area contributed by atoms with Crippen LogP contribution in [0.1, 0.15) is 29.7 Å². The molecule has 0 aliphatic carbocycles. The Hall–Kier alpha value is -2.23. The summed E-state index contributed by atoms with van der Waals surface area (Å²) in [6.45, 7) is 4.11. The first-order valence-electron chi connectivity index (χ1n) is 8.80. The fourth-order valence-corrected chi connectivity index (χ4v) is 3.15. The van der Waals surface area contributed by atoms with E-state index in [1.165, 1.54) is 22.1 Å². The molecule has 2 aromatic carbocycles. The van der Waals surface area contributed by atoms with Crippen molar-refractivity contribution in [2.75, 3.05) is 21.1 Å². The van der Waals surface area contributed by atoms with Gasteiger partial charge < -0.3 is 4.90 Å². The van der Waals surface area contributed by atoms with Crippen molar-refractivity contribution in [1.29, 1.82) is 0 Å². The van der Waals surface area contributed by atoms with E-state index in [9.17, 15) is 0 Å². The minimum atomic E-state index is 0.429. The van der Waals surface area contributed by atoms with Gasteiger partial charge in [0.05, 0.1) is 5.52 Å². The van der Waals surface area contributed by atoms with Gasteiger partial charge in [-0.15, -0.1) is 0 Å². The average Bonchev–Trinajstić information content (AvgIpc) is 2.61. The van der Waals surface area contributed by atoms with E-state index in [-0.39, 0.29) is 0 Å². The Labute approximate surface area is 150 Å². The summed E-state index contributed by atoms with van der Waals surface area (Å²) < 4.78 is 0. The summed E-state index contributed by atoms with van der Waals surface area (Å²) in [5, 5.41) is 1.20. The van der Waals surface area contributed by atoms with Gasteiger partial charge in [0, 0.05) is 30.7 Å². The highest BCUT2D eigenvalue weighted by Crippen LogP contribution is 2.20. The minimum Gasteiger partial charge on any atom is -0.303 e. The molecule has 1 aromatic heterocycles. The molecule has 3 nitrogen and oxygen atoms in total. The molecule has 3 heteroatoms. The number of nitrogens with zero attached hydrogens (tertiary/aromatic N) is 3. The summed E-state index contributed by atoms with van der Waals surface area (Å²) in [6, 6.07) is 20.0. The molecule has 0 saturated carbocycles. The molecule has 3 rings (SSSR count). The lowest BCUT2D eigenvalue weighted by Crippen LogP contribution is -2.19. The van der Waals surface area contributed by atoms with E-state index in [1.807, 2.05) is 12.3 Å². The SMILES string of the molecule is CC(c1cccc(CN(C)Cc2ccc3ncccc3c2)c1)N(C)C. The molecule has 0 bridgehead atoms. The van der Waals surface area contributed by atoms with Crippen LogP contribution in [-0.2, 0) is 13.1 Å². The van der Waals surface area contributed by atoms with Gasteiger partial charge >= 0.3 is 0 Å². The minimum absolute atomic E-state index is 0.429. The number of benzene rings is 2. The van der Waals surface area contributed by atoms with Crippen molar-refractivity contribution in [2.24, 2.45) is 0 Å². The maximum Gasteiger partial charge on any atom is 0.0702 e. The van der Waals surface area contributed by atoms with Crippen LogP contribution in [0.2, 0.25) is 0 Å². The van der Waals surface area contributed by atoms with E-state index < -0.39 is 0 Å². The maximum absolute atomic E-state index is 4.39. The van der Waals surface area contributed by atoms with Gasteiger partial charge in [0.2, 0.25) is 0 Å². The third-order valence-corrected chi connectivity index (χ3v) is 4.78. The molecule has 25 heavy (non-hydrogen) atoms. The summed E-state index contributed by atoms with van der Waals surface area (Å²) in [7, 11) is 6.42. The van der Waals surface area contributed by atoms with Gasteiger partial charge in [-0.25, -0.2) is 0 Å². The molecule has 0 amide bonds. The molecule has 1 atom stereocenters. The molecule has 0 saturated heterocycles. The molecule has 1 heterocycles. The largest absolute Gasteiger partial charge is 0.303 e. The van der Waals surface area contributed by atoms with Crippen LogP contribution in [0.3, 0.4) is 0 Å². The number of aromatic nitrogens is 1. The Balaban J connectivity index is 1.69. The highest BCUT2D eigenvalue weighted by molar-refractivity contribution is 5.78. The zero-order chi connectivity index (χ0) is 17.8. The molecule has 3 aromatic rings. The maximum atomic E-state index is 4.39. The molecule has 0 aliphatic rings. The Morgan fingerprint density at radius 2 is 1.64 bits per heavy atom. The highest BCUT2D eigenvalue weighted by atomic mass is 15.1. The molecule has 0 fully saturated rings. The molecule has 130 valence electrons. The molecule has 1 unspecified atom stereocenters. The lowest BCUT2D eigenvalue weighted by atomic mass is 10.0. The number of hydrogen-bond acceptors (Lipinski definition) is 3. The first-order chi connectivity index (χ1) is 12.0. The Morgan fingerprint density at radius 1 is 0.880 bits per heavy atom. The van der Waals surface area contributed by atoms with Gasteiger partial charge in [-0.3, -0.25) is 9.88 Å². The fraction of sp³-hybridized carbons (Fsp3) is 0.318. The van der Waals surface area contributed by atoms with Gasteiger partial charge in [0.25, 0.3) is 0 Å². The van der Waals surface area contributed by atoms with E-state index in [0.717, 1.165) is 18.6 Å². The van der Waals surface area contributed by atoms with Crippen molar-refractivity contribution < 1.29 is 0 Å². The lowest BCUT2D eigenvalue weighted by molar-refractivity contribution is 0.314. The van der Waals surface area contributed by atoms with Gasteiger partial charge in [0.1, 0.15) is 0 Å². The fourth-order valence-electron chi connectivity index (χ4n) is 3.15. The standard InChI is InChI=1S/C22H27N3/c1-17(24(2)3)20-8-5-7-18(13-20)15-25(4)16-19-10-11-22-21(14-19)9-6-12-23-22/h5-14,17H,15-16H2,1-4H3. The number of rotatable bonds is 6. The summed E-state index contributed by atoms with van der Waals surface area (Å²) in [5.41, 5.74) is 5.10. The van der Waals surface area contributed by atoms with Crippen LogP contribution in [0.25, 0.3) is 10.9 Å². The molecule has 0 radical (unpaired) electrons. The molecular weight excluding hydrogens is 306 g/mol. The third kappa shape index (κ3) is 4.44. The average molecular weight is 333 g/mol. The van der Waals surface area contributed by atoms with E-state index in [2.05, 4.69) is 91.4 Å². The molecule has 0 spiro atoms. The second kappa shape index (κ2) is 7.77. The molecule has 0 aliphatic heterocycles. The van der Waals surface area contributed by atoms with Crippen molar-refractivity contribution in [3.8, 4) is 0 Å². The zero-order valence-corrected chi connectivity index (χ0v) is 15.6. The van der Waals surface area contributed by atoms with Crippen molar-refractivity contribution >= 4 is 10.9 Å². The van der Waals surface area contributed by atoms with Crippen LogP contribution in [0, 0.1) is 0 Å². The number of pyridine rings is 1. The first-order valence-corrected chi connectivity index (χ1v) is 8.80. The van der Waals surface area contributed by atoms with E-state index in [1.54, 1.807) is 0 Å². The smallest absolute Gasteiger partial charge is 0.0702 e. The van der Waals surface area contributed by atoms with Gasteiger partial charge in [-0.2, -0.15) is 0 Å². The van der Waals surface area contributed by atoms with Crippen molar-refractivity contribution in [1.82, 2.24) is 14.8 Å². The molecular formula is C22H27N3. The number of hydrogen-bond donors (Lipinski definition) is 0. The summed E-state index contributed by atoms with van der Waals surface area (Å²) in [6.07, 6.45) is 1.84. The van der Waals surface area contributed by atoms with Crippen LogP contribution < -0.4 is 0 Å². The lowest BCUT2D eigenvalue weighted by Gasteiger charge is -2.22. The predicted octanol–water partition coefficient (Wildman–Crippen LogP) is 4.49. The second-order valence-electron chi connectivity index (χ2n) is 7.09. The highest BCUT2D eigenvalue weighted by Gasteiger charge is 2.09. The van der Waals surface area contributed by atoms with E-state index >= 15 is 0 Å². The predicted molar refractivity (Wildman–Crippen MR) is 105 cm³/mol. The summed E-state index contributed by atoms with van der Waals surface area (Å²) in [5.74, 6) is 0. The van der Waals surface area contributed by atoms with Crippen molar-refractivity contribution in [3.63, 3.8) is 0 Å². The van der Waals surface area contributed by atoms with Crippen LogP contribution in [0.4, 0.5) is 0 Å². The quantitative estimate of drug-likeness (QED) is 0.662. The monoisotopic (exact) mass is 333 g/mol. The Kier molecular flexibility index (Phi) is 5.47.